The molecule has 2 unspecified atom stereocenters. The van der Waals surface area contributed by atoms with Crippen LogP contribution in [0.3, 0.4) is 0 Å². The van der Waals surface area contributed by atoms with Gasteiger partial charge < -0.3 is 4.42 Å². The largest absolute Gasteiger partial charge is 0.445 e. The van der Waals surface area contributed by atoms with Crippen LogP contribution < -0.4 is 0 Å². The van der Waals surface area contributed by atoms with Gasteiger partial charge in [-0.3, -0.25) is 4.21 Å². The summed E-state index contributed by atoms with van der Waals surface area (Å²) in [6.07, 6.45) is 1.65. The van der Waals surface area contributed by atoms with E-state index in [2.05, 4.69) is 4.98 Å². The van der Waals surface area contributed by atoms with E-state index in [4.69, 9.17) is 4.42 Å². The molecule has 1 heterocycles. The molecule has 0 saturated carbocycles. The van der Waals surface area contributed by atoms with Gasteiger partial charge in [0, 0.05) is 16.6 Å². The lowest BCUT2D eigenvalue weighted by Gasteiger charge is -2.03. The Balaban J connectivity index is 2.77. The second-order valence-corrected chi connectivity index (χ2v) is 4.67. The third-order valence-corrected chi connectivity index (χ3v) is 3.23. The molecule has 0 amide bonds. The molecule has 3 nitrogen and oxygen atoms in total. The lowest BCUT2D eigenvalue weighted by Crippen LogP contribution is -2.04. The van der Waals surface area contributed by atoms with Gasteiger partial charge in [0.05, 0.1) is 6.20 Å². The molecule has 0 bridgehead atoms. The molecule has 0 saturated heterocycles. The fourth-order valence-corrected chi connectivity index (χ4v) is 1.76. The molecule has 1 aromatic heterocycles. The normalized spacial score (nSPS) is 15.9. The summed E-state index contributed by atoms with van der Waals surface area (Å²) in [6.45, 7) is 5.59. The average Bonchev–Trinajstić information content (AvgIpc) is 2.49. The summed E-state index contributed by atoms with van der Waals surface area (Å²) in [4.78, 5) is 4.03. The zero-order valence-corrected chi connectivity index (χ0v) is 8.35. The fraction of sp³-hybridized carbons (Fsp3) is 0.625. The lowest BCUT2D eigenvalue weighted by molar-refractivity contribution is 0.471. The highest BCUT2D eigenvalue weighted by Crippen LogP contribution is 2.18. The van der Waals surface area contributed by atoms with Crippen molar-refractivity contribution in [1.82, 2.24) is 4.98 Å². The van der Waals surface area contributed by atoms with E-state index in [0.29, 0.717) is 11.6 Å². The Morgan fingerprint density at radius 3 is 2.83 bits per heavy atom. The predicted molar refractivity (Wildman–Crippen MR) is 48.3 cm³/mol. The van der Waals surface area contributed by atoms with Crippen molar-refractivity contribution in [2.24, 2.45) is 0 Å². The maximum absolute atomic E-state index is 11.3. The van der Waals surface area contributed by atoms with Gasteiger partial charge in [0.15, 0.2) is 0 Å². The van der Waals surface area contributed by atoms with E-state index < -0.39 is 10.8 Å². The SMILES string of the molecule is CCS(=O)C(C)c1ncc(C)o1. The van der Waals surface area contributed by atoms with Crippen LogP contribution >= 0.6 is 0 Å². The molecular weight excluding hydrogens is 174 g/mol. The van der Waals surface area contributed by atoms with Crippen LogP contribution in [0.5, 0.6) is 0 Å². The number of aromatic nitrogens is 1. The molecule has 0 aliphatic carbocycles. The smallest absolute Gasteiger partial charge is 0.209 e. The first-order valence-corrected chi connectivity index (χ1v) is 5.32. The van der Waals surface area contributed by atoms with Gasteiger partial charge in [-0.1, -0.05) is 6.92 Å². The van der Waals surface area contributed by atoms with E-state index in [1.807, 2.05) is 20.8 Å². The minimum atomic E-state index is -0.866. The quantitative estimate of drug-likeness (QED) is 0.724. The molecule has 2 atom stereocenters. The minimum absolute atomic E-state index is 0.0938. The third kappa shape index (κ3) is 1.94. The molecule has 1 rings (SSSR count). The van der Waals surface area contributed by atoms with Crippen LogP contribution in [0.15, 0.2) is 10.6 Å². The monoisotopic (exact) mass is 187 g/mol. The summed E-state index contributed by atoms with van der Waals surface area (Å²) in [5.74, 6) is 1.99. The summed E-state index contributed by atoms with van der Waals surface area (Å²) in [7, 11) is -0.866. The number of rotatable bonds is 3. The van der Waals surface area contributed by atoms with Crippen LogP contribution in [0.4, 0.5) is 0 Å². The second-order valence-electron chi connectivity index (χ2n) is 2.62. The Hall–Kier alpha value is -0.640. The van der Waals surface area contributed by atoms with Crippen molar-refractivity contribution in [1.29, 1.82) is 0 Å². The van der Waals surface area contributed by atoms with E-state index in [-0.39, 0.29) is 5.25 Å². The van der Waals surface area contributed by atoms with E-state index in [1.54, 1.807) is 6.20 Å². The van der Waals surface area contributed by atoms with Gasteiger partial charge in [0.2, 0.25) is 5.89 Å². The van der Waals surface area contributed by atoms with Gasteiger partial charge in [-0.25, -0.2) is 4.98 Å². The molecule has 0 fully saturated rings. The maximum atomic E-state index is 11.3. The molecule has 0 aliphatic rings. The molecule has 0 aliphatic heterocycles. The fourth-order valence-electron chi connectivity index (χ4n) is 0.923. The van der Waals surface area contributed by atoms with Gasteiger partial charge in [0.25, 0.3) is 0 Å². The Kier molecular flexibility index (Phi) is 3.03. The number of aryl methyl sites for hydroxylation is 1. The predicted octanol–water partition coefficient (Wildman–Crippen LogP) is 1.81. The Bertz CT molecular complexity index is 282. The number of hydrogen-bond acceptors (Lipinski definition) is 3. The molecule has 1 aromatic rings. The van der Waals surface area contributed by atoms with E-state index in [0.717, 1.165) is 5.76 Å². The van der Waals surface area contributed by atoms with Crippen molar-refractivity contribution < 1.29 is 8.63 Å². The highest BCUT2D eigenvalue weighted by molar-refractivity contribution is 7.85. The van der Waals surface area contributed by atoms with E-state index in [9.17, 15) is 4.21 Å². The van der Waals surface area contributed by atoms with Crippen LogP contribution in [0.1, 0.15) is 30.7 Å². The van der Waals surface area contributed by atoms with E-state index >= 15 is 0 Å². The van der Waals surface area contributed by atoms with Crippen LogP contribution in [0.25, 0.3) is 0 Å². The molecule has 0 N–H and O–H groups in total. The molecule has 68 valence electrons. The molecular formula is C8H13NO2S. The highest BCUT2D eigenvalue weighted by Gasteiger charge is 2.16. The molecule has 0 spiro atoms. The number of oxazole rings is 1. The lowest BCUT2D eigenvalue weighted by atomic mass is 10.5. The molecule has 0 radical (unpaired) electrons. The number of hydrogen-bond donors (Lipinski definition) is 0. The maximum Gasteiger partial charge on any atom is 0.209 e. The first-order valence-electron chi connectivity index (χ1n) is 3.94. The topological polar surface area (TPSA) is 43.1 Å². The Morgan fingerprint density at radius 2 is 2.42 bits per heavy atom. The summed E-state index contributed by atoms with van der Waals surface area (Å²) in [5.41, 5.74) is 0. The van der Waals surface area contributed by atoms with Crippen LogP contribution in [0.2, 0.25) is 0 Å². The van der Waals surface area contributed by atoms with Crippen molar-refractivity contribution in [2.75, 3.05) is 5.75 Å². The summed E-state index contributed by atoms with van der Waals surface area (Å²) >= 11 is 0. The van der Waals surface area contributed by atoms with Crippen LogP contribution in [-0.4, -0.2) is 14.9 Å². The standard InChI is InChI=1S/C8H13NO2S/c1-4-12(10)7(3)8-9-5-6(2)11-8/h5,7H,4H2,1-3H3. The zero-order valence-electron chi connectivity index (χ0n) is 7.53. The second kappa shape index (κ2) is 3.85. The average molecular weight is 187 g/mol. The van der Waals surface area contributed by atoms with Crippen LogP contribution in [0, 0.1) is 6.92 Å². The Morgan fingerprint density at radius 1 is 1.75 bits per heavy atom. The van der Waals surface area contributed by atoms with Crippen molar-refractivity contribution in [3.63, 3.8) is 0 Å². The number of nitrogens with zero attached hydrogens (tertiary/aromatic N) is 1. The zero-order chi connectivity index (χ0) is 9.14. The van der Waals surface area contributed by atoms with Crippen LogP contribution in [-0.2, 0) is 10.8 Å². The van der Waals surface area contributed by atoms with Gasteiger partial charge in [0.1, 0.15) is 11.0 Å². The molecule has 12 heavy (non-hydrogen) atoms. The summed E-state index contributed by atoms with van der Waals surface area (Å²) in [5, 5.41) is -0.0938. The third-order valence-electron chi connectivity index (χ3n) is 1.67. The van der Waals surface area contributed by atoms with Gasteiger partial charge in [-0.15, -0.1) is 0 Å². The highest BCUT2D eigenvalue weighted by atomic mass is 32.2. The van der Waals surface area contributed by atoms with Crippen molar-refractivity contribution in [3.05, 3.63) is 17.8 Å². The van der Waals surface area contributed by atoms with E-state index in [1.165, 1.54) is 0 Å². The van der Waals surface area contributed by atoms with Gasteiger partial charge >= 0.3 is 0 Å². The molecule has 4 heteroatoms. The van der Waals surface area contributed by atoms with Crippen molar-refractivity contribution >= 4 is 10.8 Å². The van der Waals surface area contributed by atoms with Crippen molar-refractivity contribution in [2.45, 2.75) is 26.0 Å². The van der Waals surface area contributed by atoms with Crippen molar-refractivity contribution in [3.8, 4) is 0 Å². The first kappa shape index (κ1) is 9.45. The first-order chi connectivity index (χ1) is 5.65. The molecule has 0 aromatic carbocycles. The summed E-state index contributed by atoms with van der Waals surface area (Å²) in [6, 6.07) is 0. The van der Waals surface area contributed by atoms with Gasteiger partial charge in [-0.05, 0) is 13.8 Å². The minimum Gasteiger partial charge on any atom is -0.445 e. The Labute approximate surface area is 74.6 Å². The van der Waals surface area contributed by atoms with Gasteiger partial charge in [-0.2, -0.15) is 0 Å². The summed E-state index contributed by atoms with van der Waals surface area (Å²) < 4.78 is 16.6.